The van der Waals surface area contributed by atoms with E-state index in [0.29, 0.717) is 12.4 Å². The maximum Gasteiger partial charge on any atom is 0.253 e. The summed E-state index contributed by atoms with van der Waals surface area (Å²) in [6.07, 6.45) is 3.39. The van der Waals surface area contributed by atoms with Crippen molar-refractivity contribution in [2.45, 2.75) is 32.4 Å². The van der Waals surface area contributed by atoms with Gasteiger partial charge in [-0.1, -0.05) is 24.3 Å². The first-order valence-electron chi connectivity index (χ1n) is 9.19. The lowest BCUT2D eigenvalue weighted by atomic mass is 10.1. The van der Waals surface area contributed by atoms with Crippen molar-refractivity contribution in [1.82, 2.24) is 14.5 Å². The van der Waals surface area contributed by atoms with Crippen LogP contribution < -0.4 is 0 Å². The molecule has 5 heteroatoms. The first-order chi connectivity index (χ1) is 12.8. The molecule has 4 rings (SSSR count). The van der Waals surface area contributed by atoms with Crippen LogP contribution in [0.4, 0.5) is 0 Å². The number of aliphatic hydroxyl groups excluding tert-OH is 1. The molecule has 1 aromatic heterocycles. The van der Waals surface area contributed by atoms with Gasteiger partial charge in [-0.2, -0.15) is 0 Å². The number of piperidine rings is 1. The number of fused-ring (bicyclic) bond motifs is 1. The summed E-state index contributed by atoms with van der Waals surface area (Å²) in [5.41, 5.74) is 3.63. The van der Waals surface area contributed by atoms with E-state index in [1.54, 1.807) is 0 Å². The number of amides is 1. The van der Waals surface area contributed by atoms with E-state index in [1.165, 1.54) is 6.42 Å². The highest BCUT2D eigenvalue weighted by molar-refractivity contribution is 5.94. The van der Waals surface area contributed by atoms with Gasteiger partial charge in [-0.05, 0) is 49.1 Å². The number of benzene rings is 2. The normalized spacial score (nSPS) is 14.7. The molecule has 0 radical (unpaired) electrons. The summed E-state index contributed by atoms with van der Waals surface area (Å²) in [6.45, 7) is 2.17. The van der Waals surface area contributed by atoms with Crippen LogP contribution in [0.3, 0.4) is 0 Å². The molecule has 26 heavy (non-hydrogen) atoms. The third kappa shape index (κ3) is 3.22. The Bertz CT molecular complexity index is 926. The highest BCUT2D eigenvalue weighted by atomic mass is 16.3. The maximum absolute atomic E-state index is 12.8. The highest BCUT2D eigenvalue weighted by Gasteiger charge is 2.18. The lowest BCUT2D eigenvalue weighted by molar-refractivity contribution is 0.0724. The second-order valence-electron chi connectivity index (χ2n) is 6.81. The summed E-state index contributed by atoms with van der Waals surface area (Å²) in [5, 5.41) is 9.67. The summed E-state index contributed by atoms with van der Waals surface area (Å²) in [4.78, 5) is 19.2. The Morgan fingerprint density at radius 3 is 2.65 bits per heavy atom. The minimum Gasteiger partial charge on any atom is -0.388 e. The molecule has 0 saturated carbocycles. The van der Waals surface area contributed by atoms with Gasteiger partial charge in [-0.15, -0.1) is 0 Å². The molecule has 0 atom stereocenters. The molecule has 1 aliphatic heterocycles. The van der Waals surface area contributed by atoms with E-state index < -0.39 is 0 Å². The van der Waals surface area contributed by atoms with E-state index in [1.807, 2.05) is 58.0 Å². The van der Waals surface area contributed by atoms with Gasteiger partial charge in [0.05, 0.1) is 11.0 Å². The molecule has 1 amide bonds. The van der Waals surface area contributed by atoms with Crippen LogP contribution in [0.5, 0.6) is 0 Å². The number of aliphatic hydroxyl groups is 1. The molecule has 134 valence electrons. The molecular formula is C21H23N3O2. The number of hydrogen-bond acceptors (Lipinski definition) is 3. The van der Waals surface area contributed by atoms with Crippen LogP contribution in [0, 0.1) is 0 Å². The average Bonchev–Trinajstić information content (AvgIpc) is 3.06. The minimum absolute atomic E-state index is 0.110. The van der Waals surface area contributed by atoms with Gasteiger partial charge >= 0.3 is 0 Å². The Labute approximate surface area is 152 Å². The van der Waals surface area contributed by atoms with Crippen molar-refractivity contribution in [2.24, 2.45) is 0 Å². The van der Waals surface area contributed by atoms with Crippen LogP contribution in [-0.2, 0) is 13.2 Å². The van der Waals surface area contributed by atoms with Gasteiger partial charge in [0.1, 0.15) is 12.4 Å². The molecule has 2 aromatic carbocycles. The van der Waals surface area contributed by atoms with Crippen LogP contribution in [0.1, 0.15) is 41.0 Å². The first kappa shape index (κ1) is 16.8. The van der Waals surface area contributed by atoms with E-state index in [0.717, 1.165) is 48.1 Å². The number of carbonyl (C=O) groups is 1. The molecule has 1 N–H and O–H groups in total. The second-order valence-corrected chi connectivity index (χ2v) is 6.81. The van der Waals surface area contributed by atoms with E-state index in [2.05, 4.69) is 4.98 Å². The van der Waals surface area contributed by atoms with Crippen molar-refractivity contribution in [2.75, 3.05) is 13.1 Å². The van der Waals surface area contributed by atoms with Crippen LogP contribution >= 0.6 is 0 Å². The number of carbonyl (C=O) groups excluding carboxylic acids is 1. The van der Waals surface area contributed by atoms with Crippen LogP contribution in [-0.4, -0.2) is 38.6 Å². The largest absolute Gasteiger partial charge is 0.388 e. The van der Waals surface area contributed by atoms with E-state index >= 15 is 0 Å². The van der Waals surface area contributed by atoms with Crippen LogP contribution in [0.2, 0.25) is 0 Å². The zero-order valence-corrected chi connectivity index (χ0v) is 14.8. The fourth-order valence-corrected chi connectivity index (χ4v) is 3.69. The Kier molecular flexibility index (Phi) is 4.71. The van der Waals surface area contributed by atoms with Gasteiger partial charge in [-0.25, -0.2) is 4.98 Å². The SMILES string of the molecule is O=C(c1cccc(Cn2c(CO)nc3ccccc32)c1)N1CCCCC1. The van der Waals surface area contributed by atoms with Gasteiger partial charge in [0, 0.05) is 25.2 Å². The summed E-state index contributed by atoms with van der Waals surface area (Å²) in [7, 11) is 0. The van der Waals surface area contributed by atoms with Crippen molar-refractivity contribution in [3.63, 3.8) is 0 Å². The van der Waals surface area contributed by atoms with Gasteiger partial charge in [0.25, 0.3) is 5.91 Å². The number of rotatable bonds is 4. The Morgan fingerprint density at radius 1 is 1.04 bits per heavy atom. The average molecular weight is 349 g/mol. The standard InChI is InChI=1S/C21H23N3O2/c25-15-20-22-18-9-2-3-10-19(18)24(20)14-16-7-6-8-17(13-16)21(26)23-11-4-1-5-12-23/h2-3,6-10,13,25H,1,4-5,11-12,14-15H2. The smallest absolute Gasteiger partial charge is 0.253 e. The molecule has 0 unspecified atom stereocenters. The Balaban J connectivity index is 1.62. The summed E-state index contributed by atoms with van der Waals surface area (Å²) in [6, 6.07) is 15.7. The van der Waals surface area contributed by atoms with Crippen molar-refractivity contribution in [3.8, 4) is 0 Å². The molecule has 0 aliphatic carbocycles. The Morgan fingerprint density at radius 2 is 1.85 bits per heavy atom. The molecule has 1 fully saturated rings. The molecule has 3 aromatic rings. The predicted molar refractivity (Wildman–Crippen MR) is 101 cm³/mol. The Hall–Kier alpha value is -2.66. The second kappa shape index (κ2) is 7.30. The first-order valence-corrected chi connectivity index (χ1v) is 9.19. The van der Waals surface area contributed by atoms with Gasteiger partial charge in [-0.3, -0.25) is 4.79 Å². The molecule has 1 aliphatic rings. The van der Waals surface area contributed by atoms with Crippen molar-refractivity contribution in [1.29, 1.82) is 0 Å². The lowest BCUT2D eigenvalue weighted by Crippen LogP contribution is -2.35. The minimum atomic E-state index is -0.110. The van der Waals surface area contributed by atoms with Gasteiger partial charge in [0.15, 0.2) is 0 Å². The molecule has 0 spiro atoms. The predicted octanol–water partition coefficient (Wildman–Crippen LogP) is 3.20. The summed E-state index contributed by atoms with van der Waals surface area (Å²) < 4.78 is 2.01. The van der Waals surface area contributed by atoms with Gasteiger partial charge in [0.2, 0.25) is 0 Å². The third-order valence-corrected chi connectivity index (χ3v) is 5.03. The zero-order valence-electron chi connectivity index (χ0n) is 14.8. The zero-order chi connectivity index (χ0) is 17.9. The van der Waals surface area contributed by atoms with Crippen LogP contribution in [0.25, 0.3) is 11.0 Å². The van der Waals surface area contributed by atoms with E-state index in [4.69, 9.17) is 0 Å². The van der Waals surface area contributed by atoms with E-state index in [-0.39, 0.29) is 12.5 Å². The number of likely N-dealkylation sites (tertiary alicyclic amines) is 1. The summed E-state index contributed by atoms with van der Waals surface area (Å²) >= 11 is 0. The lowest BCUT2D eigenvalue weighted by Gasteiger charge is -2.26. The summed E-state index contributed by atoms with van der Waals surface area (Å²) in [5.74, 6) is 0.753. The number of aromatic nitrogens is 2. The van der Waals surface area contributed by atoms with Gasteiger partial charge < -0.3 is 14.6 Å². The maximum atomic E-state index is 12.8. The van der Waals surface area contributed by atoms with Crippen molar-refractivity contribution >= 4 is 16.9 Å². The topological polar surface area (TPSA) is 58.4 Å². The monoisotopic (exact) mass is 349 g/mol. The molecular weight excluding hydrogens is 326 g/mol. The number of para-hydroxylation sites is 2. The number of imidazole rings is 1. The highest BCUT2D eigenvalue weighted by Crippen LogP contribution is 2.19. The third-order valence-electron chi connectivity index (χ3n) is 5.03. The quantitative estimate of drug-likeness (QED) is 0.787. The van der Waals surface area contributed by atoms with Crippen LogP contribution in [0.15, 0.2) is 48.5 Å². The molecule has 0 bridgehead atoms. The van der Waals surface area contributed by atoms with E-state index in [9.17, 15) is 9.90 Å². The molecule has 5 nitrogen and oxygen atoms in total. The fourth-order valence-electron chi connectivity index (χ4n) is 3.69. The number of hydrogen-bond donors (Lipinski definition) is 1. The fraction of sp³-hybridized carbons (Fsp3) is 0.333. The number of nitrogens with zero attached hydrogens (tertiary/aromatic N) is 3. The molecule has 1 saturated heterocycles. The van der Waals surface area contributed by atoms with Crippen molar-refractivity contribution < 1.29 is 9.90 Å². The molecule has 2 heterocycles. The van der Waals surface area contributed by atoms with Crippen molar-refractivity contribution in [3.05, 3.63) is 65.5 Å².